The van der Waals surface area contributed by atoms with Crippen LogP contribution >= 0.6 is 0 Å². The van der Waals surface area contributed by atoms with Gasteiger partial charge in [-0.25, -0.2) is 0 Å². The minimum absolute atomic E-state index is 0.625. The highest BCUT2D eigenvalue weighted by Gasteiger charge is 2.16. The van der Waals surface area contributed by atoms with Crippen LogP contribution in [0.3, 0.4) is 0 Å². The van der Waals surface area contributed by atoms with Gasteiger partial charge in [-0.3, -0.25) is 0 Å². The molecular weight excluding hydrogens is 210 g/mol. The lowest BCUT2D eigenvalue weighted by atomic mass is 9.93. The van der Waals surface area contributed by atoms with Crippen molar-refractivity contribution in [1.82, 2.24) is 5.32 Å². The third kappa shape index (κ3) is 5.40. The summed E-state index contributed by atoms with van der Waals surface area (Å²) in [7, 11) is 0. The van der Waals surface area contributed by atoms with E-state index in [1.54, 1.807) is 6.26 Å². The van der Waals surface area contributed by atoms with Crippen molar-refractivity contribution in [1.29, 1.82) is 0 Å². The first-order valence-corrected chi connectivity index (χ1v) is 7.03. The summed E-state index contributed by atoms with van der Waals surface area (Å²) in [5.41, 5.74) is 0. The summed E-state index contributed by atoms with van der Waals surface area (Å²) in [4.78, 5) is 0. The fourth-order valence-corrected chi connectivity index (χ4v) is 2.33. The highest BCUT2D eigenvalue weighted by Crippen LogP contribution is 2.16. The highest BCUT2D eigenvalue weighted by atomic mass is 16.3. The van der Waals surface area contributed by atoms with Gasteiger partial charge in [-0.1, -0.05) is 27.2 Å². The largest absolute Gasteiger partial charge is 0.469 e. The average Bonchev–Trinajstić information content (AvgIpc) is 2.82. The van der Waals surface area contributed by atoms with Crippen molar-refractivity contribution in [2.24, 2.45) is 5.92 Å². The molecule has 17 heavy (non-hydrogen) atoms. The van der Waals surface area contributed by atoms with Crippen LogP contribution in [0.15, 0.2) is 22.8 Å². The normalized spacial score (nSPS) is 14.8. The van der Waals surface area contributed by atoms with Crippen LogP contribution in [0.25, 0.3) is 0 Å². The molecule has 0 aromatic carbocycles. The zero-order valence-corrected chi connectivity index (χ0v) is 11.5. The van der Waals surface area contributed by atoms with Crippen molar-refractivity contribution in [2.75, 3.05) is 6.54 Å². The molecule has 0 aliphatic rings. The molecule has 1 aromatic heterocycles. The van der Waals surface area contributed by atoms with Gasteiger partial charge in [0.25, 0.3) is 0 Å². The van der Waals surface area contributed by atoms with E-state index in [4.69, 9.17) is 4.42 Å². The van der Waals surface area contributed by atoms with Gasteiger partial charge in [0.1, 0.15) is 5.76 Å². The maximum atomic E-state index is 5.40. The Morgan fingerprint density at radius 3 is 2.65 bits per heavy atom. The summed E-state index contributed by atoms with van der Waals surface area (Å²) >= 11 is 0. The van der Waals surface area contributed by atoms with Gasteiger partial charge in [0, 0.05) is 12.5 Å². The van der Waals surface area contributed by atoms with Crippen molar-refractivity contribution >= 4 is 0 Å². The molecule has 0 amide bonds. The van der Waals surface area contributed by atoms with Gasteiger partial charge < -0.3 is 9.73 Å². The number of nitrogens with one attached hydrogen (secondary N) is 1. The molecule has 2 nitrogen and oxygen atoms in total. The molecule has 1 heterocycles. The minimum Gasteiger partial charge on any atom is -0.469 e. The monoisotopic (exact) mass is 237 g/mol. The molecule has 2 heteroatoms. The number of rotatable bonds is 9. The van der Waals surface area contributed by atoms with Gasteiger partial charge in [0.2, 0.25) is 0 Å². The van der Waals surface area contributed by atoms with Crippen molar-refractivity contribution in [3.05, 3.63) is 24.2 Å². The molecule has 1 N–H and O–H groups in total. The number of furan rings is 1. The lowest BCUT2D eigenvalue weighted by Gasteiger charge is -2.24. The van der Waals surface area contributed by atoms with Gasteiger partial charge in [-0.05, 0) is 43.9 Å². The molecule has 0 bridgehead atoms. The van der Waals surface area contributed by atoms with Crippen molar-refractivity contribution in [3.8, 4) is 0 Å². The zero-order chi connectivity index (χ0) is 12.5. The van der Waals surface area contributed by atoms with Crippen LogP contribution in [-0.2, 0) is 6.42 Å². The Morgan fingerprint density at radius 2 is 2.06 bits per heavy atom. The fourth-order valence-electron chi connectivity index (χ4n) is 2.33. The first-order valence-electron chi connectivity index (χ1n) is 7.03. The predicted molar refractivity (Wildman–Crippen MR) is 73.2 cm³/mol. The van der Waals surface area contributed by atoms with Gasteiger partial charge >= 0.3 is 0 Å². The molecule has 2 atom stereocenters. The van der Waals surface area contributed by atoms with E-state index < -0.39 is 0 Å². The lowest BCUT2D eigenvalue weighted by molar-refractivity contribution is 0.330. The minimum atomic E-state index is 0.625. The Morgan fingerprint density at radius 1 is 1.24 bits per heavy atom. The van der Waals surface area contributed by atoms with Crippen LogP contribution < -0.4 is 5.32 Å². The molecule has 0 saturated carbocycles. The standard InChI is InChI=1S/C15H27NO/c1-4-7-13(3)15(16-11-5-2)10-9-14-8-6-12-17-14/h6,8,12-13,15-16H,4-5,7,9-11H2,1-3H3. The Labute approximate surface area is 106 Å². The molecule has 1 rings (SSSR count). The Bertz CT molecular complexity index is 268. The number of hydrogen-bond donors (Lipinski definition) is 1. The predicted octanol–water partition coefficient (Wildman–Crippen LogP) is 4.02. The van der Waals surface area contributed by atoms with Crippen LogP contribution in [0.1, 0.15) is 52.2 Å². The van der Waals surface area contributed by atoms with E-state index in [0.717, 1.165) is 24.6 Å². The van der Waals surface area contributed by atoms with Crippen LogP contribution in [0.5, 0.6) is 0 Å². The van der Waals surface area contributed by atoms with Gasteiger partial charge in [-0.15, -0.1) is 0 Å². The van der Waals surface area contributed by atoms with Gasteiger partial charge in [-0.2, -0.15) is 0 Å². The Balaban J connectivity index is 2.39. The molecule has 98 valence electrons. The summed E-state index contributed by atoms with van der Waals surface area (Å²) in [5, 5.41) is 3.67. The Hall–Kier alpha value is -0.760. The van der Waals surface area contributed by atoms with Crippen molar-refractivity contribution < 1.29 is 4.42 Å². The maximum Gasteiger partial charge on any atom is 0.103 e. The summed E-state index contributed by atoms with van der Waals surface area (Å²) < 4.78 is 5.40. The molecular formula is C15H27NO. The highest BCUT2D eigenvalue weighted by molar-refractivity contribution is 4.98. The van der Waals surface area contributed by atoms with E-state index >= 15 is 0 Å². The van der Waals surface area contributed by atoms with Gasteiger partial charge in [0.05, 0.1) is 6.26 Å². The molecule has 0 aliphatic heterocycles. The van der Waals surface area contributed by atoms with Crippen LogP contribution in [0, 0.1) is 5.92 Å². The van der Waals surface area contributed by atoms with Crippen LogP contribution in [0.4, 0.5) is 0 Å². The first-order chi connectivity index (χ1) is 8.27. The van der Waals surface area contributed by atoms with Gasteiger partial charge in [0.15, 0.2) is 0 Å². The van der Waals surface area contributed by atoms with E-state index in [-0.39, 0.29) is 0 Å². The van der Waals surface area contributed by atoms with E-state index in [1.165, 1.54) is 25.7 Å². The van der Waals surface area contributed by atoms with Crippen molar-refractivity contribution in [2.45, 2.75) is 58.9 Å². The van der Waals surface area contributed by atoms with Crippen LogP contribution in [-0.4, -0.2) is 12.6 Å². The SMILES string of the molecule is CCCNC(CCc1ccco1)C(C)CCC. The van der Waals surface area contributed by atoms with E-state index in [1.807, 2.05) is 6.07 Å². The second kappa shape index (κ2) is 8.35. The molecule has 1 aromatic rings. The summed E-state index contributed by atoms with van der Waals surface area (Å²) in [6.45, 7) is 7.97. The lowest BCUT2D eigenvalue weighted by Crippen LogP contribution is -2.36. The molecule has 0 spiro atoms. The van der Waals surface area contributed by atoms with E-state index in [0.29, 0.717) is 6.04 Å². The molecule has 0 radical (unpaired) electrons. The quantitative estimate of drug-likeness (QED) is 0.702. The van der Waals surface area contributed by atoms with E-state index in [2.05, 4.69) is 32.2 Å². The first kappa shape index (κ1) is 14.3. The molecule has 0 fully saturated rings. The third-order valence-electron chi connectivity index (χ3n) is 3.37. The molecule has 0 saturated heterocycles. The van der Waals surface area contributed by atoms with Crippen molar-refractivity contribution in [3.63, 3.8) is 0 Å². The molecule has 2 unspecified atom stereocenters. The second-order valence-electron chi connectivity index (χ2n) is 4.94. The summed E-state index contributed by atoms with van der Waals surface area (Å²) in [6, 6.07) is 4.67. The van der Waals surface area contributed by atoms with Crippen LogP contribution in [0.2, 0.25) is 0 Å². The average molecular weight is 237 g/mol. The zero-order valence-electron chi connectivity index (χ0n) is 11.5. The van der Waals surface area contributed by atoms with E-state index in [9.17, 15) is 0 Å². The smallest absolute Gasteiger partial charge is 0.103 e. The Kier molecular flexibility index (Phi) is 7.02. The summed E-state index contributed by atoms with van der Waals surface area (Å²) in [5.74, 6) is 1.86. The maximum absolute atomic E-state index is 5.40. The topological polar surface area (TPSA) is 25.2 Å². The second-order valence-corrected chi connectivity index (χ2v) is 4.94. The molecule has 0 aliphatic carbocycles. The number of aryl methyl sites for hydroxylation is 1. The number of hydrogen-bond acceptors (Lipinski definition) is 2. The summed E-state index contributed by atoms with van der Waals surface area (Å²) in [6.07, 6.45) is 7.76. The fraction of sp³-hybridized carbons (Fsp3) is 0.733. The third-order valence-corrected chi connectivity index (χ3v) is 3.37.